The zero-order valence-corrected chi connectivity index (χ0v) is 16.9. The molecule has 5 rings (SSSR count). The molecule has 3 fully saturated rings. The van der Waals surface area contributed by atoms with Crippen molar-refractivity contribution in [2.75, 3.05) is 5.75 Å². The largest absolute Gasteiger partial charge is 0.361 e. The fourth-order valence-corrected chi connectivity index (χ4v) is 7.24. The predicted octanol–water partition coefficient (Wildman–Crippen LogP) is 5.31. The highest BCUT2D eigenvalue weighted by Gasteiger charge is 2.69. The molecule has 1 heterocycles. The molecule has 0 radical (unpaired) electrons. The zero-order chi connectivity index (χ0) is 18.6. The maximum atomic E-state index is 13.1. The molecule has 3 aliphatic rings. The molecule has 1 aromatic heterocycles. The lowest BCUT2D eigenvalue weighted by Crippen LogP contribution is -2.23. The Morgan fingerprint density at radius 2 is 2.11 bits per heavy atom. The summed E-state index contributed by atoms with van der Waals surface area (Å²) in [5.74, 6) is 5.08. The van der Waals surface area contributed by atoms with Crippen LogP contribution in [0.3, 0.4) is 0 Å². The van der Waals surface area contributed by atoms with E-state index in [0.717, 1.165) is 17.1 Å². The molecular weight excluding hydrogens is 354 g/mol. The van der Waals surface area contributed by atoms with E-state index in [-0.39, 0.29) is 0 Å². The SMILES string of the molecule is Cc1ccccc1C1CC12CC1CCC2C1C(=O)CSCc1cnoc1C. The van der Waals surface area contributed by atoms with Gasteiger partial charge in [-0.2, -0.15) is 0 Å². The van der Waals surface area contributed by atoms with E-state index < -0.39 is 0 Å². The van der Waals surface area contributed by atoms with Gasteiger partial charge in [0.2, 0.25) is 0 Å². The Labute approximate surface area is 165 Å². The molecule has 0 aliphatic heterocycles. The topological polar surface area (TPSA) is 43.1 Å². The van der Waals surface area contributed by atoms with Gasteiger partial charge in [0.05, 0.1) is 11.9 Å². The number of fused-ring (bicyclic) bond motifs is 3. The molecule has 0 saturated heterocycles. The summed E-state index contributed by atoms with van der Waals surface area (Å²) in [6.45, 7) is 4.17. The van der Waals surface area contributed by atoms with E-state index in [4.69, 9.17) is 4.52 Å². The van der Waals surface area contributed by atoms with E-state index in [1.54, 1.807) is 18.0 Å². The molecule has 142 valence electrons. The van der Waals surface area contributed by atoms with Gasteiger partial charge in [-0.15, -0.1) is 11.8 Å². The summed E-state index contributed by atoms with van der Waals surface area (Å²) in [4.78, 5) is 13.1. The van der Waals surface area contributed by atoms with Crippen LogP contribution in [0.25, 0.3) is 0 Å². The number of carbonyl (C=O) groups excluding carboxylic acids is 1. The van der Waals surface area contributed by atoms with Gasteiger partial charge in [0.25, 0.3) is 0 Å². The van der Waals surface area contributed by atoms with Crippen molar-refractivity contribution in [3.8, 4) is 0 Å². The van der Waals surface area contributed by atoms with Crippen LogP contribution >= 0.6 is 11.8 Å². The number of aromatic nitrogens is 1. The van der Waals surface area contributed by atoms with Crippen LogP contribution in [0.15, 0.2) is 35.0 Å². The minimum absolute atomic E-state index is 0.315. The molecule has 0 amide bonds. The van der Waals surface area contributed by atoms with Gasteiger partial charge in [-0.1, -0.05) is 29.4 Å². The number of Topliss-reactive ketones (excluding diaryl/α,β-unsaturated/α-hetero) is 1. The van der Waals surface area contributed by atoms with E-state index in [1.807, 2.05) is 6.92 Å². The minimum atomic E-state index is 0.315. The first kappa shape index (κ1) is 17.5. The number of rotatable bonds is 6. The first-order valence-corrected chi connectivity index (χ1v) is 11.3. The number of nitrogens with zero attached hydrogens (tertiary/aromatic N) is 1. The summed E-state index contributed by atoms with van der Waals surface area (Å²) in [5.41, 5.74) is 4.50. The van der Waals surface area contributed by atoms with E-state index in [0.29, 0.717) is 40.6 Å². The fourth-order valence-electron chi connectivity index (χ4n) is 6.25. The summed E-state index contributed by atoms with van der Waals surface area (Å²) in [6, 6.07) is 8.86. The molecule has 3 aliphatic carbocycles. The predicted molar refractivity (Wildman–Crippen MR) is 108 cm³/mol. The van der Waals surface area contributed by atoms with Crippen LogP contribution in [0.1, 0.15) is 54.1 Å². The molecule has 3 saturated carbocycles. The van der Waals surface area contributed by atoms with Gasteiger partial charge in [0, 0.05) is 17.2 Å². The molecule has 2 aromatic rings. The second-order valence-electron chi connectivity index (χ2n) is 8.89. The summed E-state index contributed by atoms with van der Waals surface area (Å²) in [7, 11) is 0. The van der Waals surface area contributed by atoms with E-state index in [2.05, 4.69) is 36.3 Å². The van der Waals surface area contributed by atoms with Crippen molar-refractivity contribution in [2.45, 2.75) is 51.2 Å². The first-order chi connectivity index (χ1) is 13.1. The van der Waals surface area contributed by atoms with Crippen LogP contribution in [0.4, 0.5) is 0 Å². The average molecular weight is 382 g/mol. The minimum Gasteiger partial charge on any atom is -0.361 e. The summed E-state index contributed by atoms with van der Waals surface area (Å²) < 4.78 is 5.12. The van der Waals surface area contributed by atoms with Crippen molar-refractivity contribution in [1.82, 2.24) is 5.16 Å². The molecule has 5 unspecified atom stereocenters. The quantitative estimate of drug-likeness (QED) is 0.680. The van der Waals surface area contributed by atoms with Crippen molar-refractivity contribution in [3.63, 3.8) is 0 Å². The van der Waals surface area contributed by atoms with E-state index >= 15 is 0 Å². The average Bonchev–Trinajstić information content (AvgIpc) is 2.97. The second kappa shape index (κ2) is 6.51. The smallest absolute Gasteiger partial charge is 0.146 e. The highest BCUT2D eigenvalue weighted by Crippen LogP contribution is 2.77. The number of thioether (sulfide) groups is 1. The molecule has 0 N–H and O–H groups in total. The van der Waals surface area contributed by atoms with Crippen molar-refractivity contribution < 1.29 is 9.32 Å². The normalized spacial score (nSPS) is 33.7. The zero-order valence-electron chi connectivity index (χ0n) is 16.1. The highest BCUT2D eigenvalue weighted by molar-refractivity contribution is 7.99. The molecule has 5 atom stereocenters. The van der Waals surface area contributed by atoms with E-state index in [9.17, 15) is 4.79 Å². The maximum Gasteiger partial charge on any atom is 0.146 e. The number of ketones is 1. The van der Waals surface area contributed by atoms with Gasteiger partial charge in [-0.05, 0) is 73.8 Å². The van der Waals surface area contributed by atoms with Crippen LogP contribution in [0, 0.1) is 37.0 Å². The standard InChI is InChI=1S/C23H27NO2S/c1-14-5-3-4-6-18(14)20-10-23(20)9-16-7-8-19(23)22(16)21(25)13-27-12-17-11-24-26-15(17)2/h3-6,11,16,19-20,22H,7-10,12-13H2,1-2H3. The Bertz CT molecular complexity index is 875. The Morgan fingerprint density at radius 1 is 1.26 bits per heavy atom. The number of hydrogen-bond donors (Lipinski definition) is 0. The van der Waals surface area contributed by atoms with Gasteiger partial charge in [0.1, 0.15) is 11.5 Å². The van der Waals surface area contributed by atoms with Crippen molar-refractivity contribution in [1.29, 1.82) is 0 Å². The van der Waals surface area contributed by atoms with Crippen molar-refractivity contribution >= 4 is 17.5 Å². The van der Waals surface area contributed by atoms with Gasteiger partial charge < -0.3 is 4.52 Å². The Morgan fingerprint density at radius 3 is 2.89 bits per heavy atom. The lowest BCUT2D eigenvalue weighted by Gasteiger charge is -2.24. The third-order valence-corrected chi connectivity index (χ3v) is 8.58. The van der Waals surface area contributed by atoms with Gasteiger partial charge in [-0.25, -0.2) is 0 Å². The Hall–Kier alpha value is -1.55. The number of benzene rings is 1. The summed E-state index contributed by atoms with van der Waals surface area (Å²) in [5, 5.41) is 3.83. The monoisotopic (exact) mass is 381 g/mol. The molecule has 27 heavy (non-hydrogen) atoms. The first-order valence-electron chi connectivity index (χ1n) is 10.2. The molecule has 4 heteroatoms. The number of hydrogen-bond acceptors (Lipinski definition) is 4. The summed E-state index contributed by atoms with van der Waals surface area (Å²) in [6.07, 6.45) is 6.88. The lowest BCUT2D eigenvalue weighted by atomic mass is 9.80. The Kier molecular flexibility index (Phi) is 4.23. The van der Waals surface area contributed by atoms with Crippen LogP contribution in [-0.2, 0) is 10.5 Å². The molecular formula is C23H27NO2S. The van der Waals surface area contributed by atoms with Crippen molar-refractivity contribution in [2.24, 2.45) is 23.2 Å². The van der Waals surface area contributed by atoms with E-state index in [1.165, 1.54) is 36.8 Å². The summed E-state index contributed by atoms with van der Waals surface area (Å²) >= 11 is 1.72. The fraction of sp³-hybridized carbons (Fsp3) is 0.565. The lowest BCUT2D eigenvalue weighted by molar-refractivity contribution is -0.121. The molecule has 2 bridgehead atoms. The third-order valence-electron chi connectivity index (χ3n) is 7.58. The van der Waals surface area contributed by atoms with Crippen LogP contribution in [0.2, 0.25) is 0 Å². The van der Waals surface area contributed by atoms with Gasteiger partial charge in [-0.3, -0.25) is 4.79 Å². The van der Waals surface area contributed by atoms with Crippen LogP contribution < -0.4 is 0 Å². The van der Waals surface area contributed by atoms with Gasteiger partial charge >= 0.3 is 0 Å². The number of carbonyl (C=O) groups is 1. The van der Waals surface area contributed by atoms with Crippen molar-refractivity contribution in [3.05, 3.63) is 52.9 Å². The maximum absolute atomic E-state index is 13.1. The second-order valence-corrected chi connectivity index (χ2v) is 9.87. The third kappa shape index (κ3) is 2.79. The van der Waals surface area contributed by atoms with Crippen LogP contribution in [0.5, 0.6) is 0 Å². The molecule has 1 aromatic carbocycles. The van der Waals surface area contributed by atoms with Crippen LogP contribution in [-0.4, -0.2) is 16.7 Å². The van der Waals surface area contributed by atoms with Gasteiger partial charge in [0.15, 0.2) is 0 Å². The molecule has 1 spiro atoms. The number of aryl methyl sites for hydroxylation is 2. The highest BCUT2D eigenvalue weighted by atomic mass is 32.2. The Balaban J connectivity index is 1.25. The molecule has 3 nitrogen and oxygen atoms in total.